The smallest absolute Gasteiger partial charge is 0.105 e. The zero-order valence-electron chi connectivity index (χ0n) is 13.9. The molecule has 1 aromatic carbocycles. The lowest BCUT2D eigenvalue weighted by Gasteiger charge is -2.20. The summed E-state index contributed by atoms with van der Waals surface area (Å²) in [5, 5.41) is 3.66. The lowest BCUT2D eigenvalue weighted by molar-refractivity contribution is 0.469. The monoisotopic (exact) mass is 285 g/mol. The molecule has 0 aliphatic heterocycles. The summed E-state index contributed by atoms with van der Waals surface area (Å²) in [5.41, 5.74) is 4.00. The van der Waals surface area contributed by atoms with Gasteiger partial charge >= 0.3 is 0 Å². The van der Waals surface area contributed by atoms with Crippen LogP contribution in [0.5, 0.6) is 0 Å². The molecule has 0 spiro atoms. The van der Waals surface area contributed by atoms with Crippen molar-refractivity contribution >= 4 is 0 Å². The zero-order valence-corrected chi connectivity index (χ0v) is 13.9. The van der Waals surface area contributed by atoms with Gasteiger partial charge in [0.05, 0.1) is 0 Å². The molecular formula is C19H27NO. The summed E-state index contributed by atoms with van der Waals surface area (Å²) in [6.07, 6.45) is 2.36. The van der Waals surface area contributed by atoms with Crippen LogP contribution in [0.4, 0.5) is 0 Å². The number of rotatable bonds is 6. The molecule has 2 heteroatoms. The van der Waals surface area contributed by atoms with Gasteiger partial charge in [-0.05, 0) is 51.3 Å². The first kappa shape index (κ1) is 15.8. The van der Waals surface area contributed by atoms with Gasteiger partial charge in [0.2, 0.25) is 0 Å². The Balaban J connectivity index is 2.03. The van der Waals surface area contributed by atoms with E-state index in [1.54, 1.807) is 0 Å². The number of aryl methyl sites for hydroxylation is 3. The molecule has 0 saturated heterocycles. The highest BCUT2D eigenvalue weighted by Crippen LogP contribution is 2.24. The Morgan fingerprint density at radius 3 is 2.24 bits per heavy atom. The fourth-order valence-corrected chi connectivity index (χ4v) is 2.90. The third kappa shape index (κ3) is 3.98. The molecule has 0 bridgehead atoms. The fraction of sp³-hybridized carbons (Fsp3) is 0.474. The highest BCUT2D eigenvalue weighted by atomic mass is 16.3. The number of nitrogens with one attached hydrogen (secondary N) is 1. The van der Waals surface area contributed by atoms with E-state index in [9.17, 15) is 0 Å². The van der Waals surface area contributed by atoms with E-state index in [0.29, 0.717) is 6.04 Å². The van der Waals surface area contributed by atoms with E-state index >= 15 is 0 Å². The van der Waals surface area contributed by atoms with Crippen molar-refractivity contribution in [2.24, 2.45) is 0 Å². The van der Waals surface area contributed by atoms with Gasteiger partial charge in [-0.15, -0.1) is 0 Å². The van der Waals surface area contributed by atoms with Crippen molar-refractivity contribution < 1.29 is 4.42 Å². The molecule has 1 heterocycles. The van der Waals surface area contributed by atoms with Crippen molar-refractivity contribution in [2.45, 2.75) is 59.5 Å². The average molecular weight is 285 g/mol. The van der Waals surface area contributed by atoms with Crippen LogP contribution in [0.2, 0.25) is 0 Å². The molecule has 0 amide bonds. The van der Waals surface area contributed by atoms with E-state index in [4.69, 9.17) is 4.42 Å². The molecule has 0 fully saturated rings. The molecule has 0 aliphatic carbocycles. The van der Waals surface area contributed by atoms with Crippen molar-refractivity contribution in [1.29, 1.82) is 0 Å². The summed E-state index contributed by atoms with van der Waals surface area (Å²) >= 11 is 0. The summed E-state index contributed by atoms with van der Waals surface area (Å²) in [4.78, 5) is 0. The first-order valence-corrected chi connectivity index (χ1v) is 7.93. The third-order valence-corrected chi connectivity index (χ3v) is 4.06. The van der Waals surface area contributed by atoms with Gasteiger partial charge in [0.25, 0.3) is 0 Å². The number of benzene rings is 1. The number of hydrogen-bond donors (Lipinski definition) is 1. The highest BCUT2D eigenvalue weighted by molar-refractivity contribution is 5.27. The van der Waals surface area contributed by atoms with E-state index < -0.39 is 0 Å². The van der Waals surface area contributed by atoms with E-state index in [0.717, 1.165) is 17.9 Å². The molecule has 21 heavy (non-hydrogen) atoms. The predicted octanol–water partition coefficient (Wildman–Crippen LogP) is 5.26. The summed E-state index contributed by atoms with van der Waals surface area (Å²) in [6.45, 7) is 10.7. The first-order valence-electron chi connectivity index (χ1n) is 7.93. The SMILES string of the molecule is CCCc1ccc(C(C)NC(C)c2cc(C)oc2C)cc1. The van der Waals surface area contributed by atoms with E-state index in [1.807, 2.05) is 13.8 Å². The van der Waals surface area contributed by atoms with Gasteiger partial charge in [-0.3, -0.25) is 0 Å². The Labute approximate surface area is 128 Å². The van der Waals surface area contributed by atoms with Crippen molar-refractivity contribution in [2.75, 3.05) is 0 Å². The van der Waals surface area contributed by atoms with Crippen LogP contribution in [-0.4, -0.2) is 0 Å². The molecule has 2 rings (SSSR count). The molecule has 0 saturated carbocycles. The van der Waals surface area contributed by atoms with Crippen LogP contribution < -0.4 is 5.32 Å². The summed E-state index contributed by atoms with van der Waals surface area (Å²) in [5.74, 6) is 1.99. The molecule has 2 atom stereocenters. The van der Waals surface area contributed by atoms with Crippen LogP contribution in [0, 0.1) is 13.8 Å². The Morgan fingerprint density at radius 2 is 1.71 bits per heavy atom. The zero-order chi connectivity index (χ0) is 15.4. The van der Waals surface area contributed by atoms with Crippen molar-refractivity contribution in [1.82, 2.24) is 5.32 Å². The second-order valence-electron chi connectivity index (χ2n) is 5.97. The molecule has 0 aliphatic rings. The third-order valence-electron chi connectivity index (χ3n) is 4.06. The van der Waals surface area contributed by atoms with Gasteiger partial charge in [-0.25, -0.2) is 0 Å². The maximum absolute atomic E-state index is 5.63. The summed E-state index contributed by atoms with van der Waals surface area (Å²) in [7, 11) is 0. The summed E-state index contributed by atoms with van der Waals surface area (Å²) < 4.78 is 5.63. The Hall–Kier alpha value is -1.54. The van der Waals surface area contributed by atoms with Crippen LogP contribution in [0.1, 0.15) is 67.5 Å². The molecule has 1 aromatic heterocycles. The number of hydrogen-bond acceptors (Lipinski definition) is 2. The minimum absolute atomic E-state index is 0.285. The molecule has 2 unspecified atom stereocenters. The van der Waals surface area contributed by atoms with Gasteiger partial charge in [-0.2, -0.15) is 0 Å². The van der Waals surface area contributed by atoms with E-state index in [-0.39, 0.29) is 6.04 Å². The predicted molar refractivity (Wildman–Crippen MR) is 88.6 cm³/mol. The maximum Gasteiger partial charge on any atom is 0.105 e. The van der Waals surface area contributed by atoms with Crippen LogP contribution in [0.15, 0.2) is 34.7 Å². The minimum Gasteiger partial charge on any atom is -0.466 e. The molecule has 114 valence electrons. The lowest BCUT2D eigenvalue weighted by atomic mass is 10.0. The topological polar surface area (TPSA) is 25.2 Å². The van der Waals surface area contributed by atoms with Crippen molar-refractivity contribution in [3.05, 3.63) is 58.5 Å². The van der Waals surface area contributed by atoms with E-state index in [1.165, 1.54) is 23.1 Å². The van der Waals surface area contributed by atoms with Crippen molar-refractivity contribution in [3.63, 3.8) is 0 Å². The first-order chi connectivity index (χ1) is 10.0. The Bertz CT molecular complexity index is 568. The van der Waals surface area contributed by atoms with Crippen LogP contribution >= 0.6 is 0 Å². The lowest BCUT2D eigenvalue weighted by Crippen LogP contribution is -2.22. The molecular weight excluding hydrogens is 258 g/mol. The second kappa shape index (κ2) is 6.95. The van der Waals surface area contributed by atoms with Crippen LogP contribution in [0.25, 0.3) is 0 Å². The highest BCUT2D eigenvalue weighted by Gasteiger charge is 2.15. The molecule has 2 nitrogen and oxygen atoms in total. The van der Waals surface area contributed by atoms with E-state index in [2.05, 4.69) is 56.4 Å². The summed E-state index contributed by atoms with van der Waals surface area (Å²) in [6, 6.07) is 11.7. The van der Waals surface area contributed by atoms with Gasteiger partial charge in [0.15, 0.2) is 0 Å². The van der Waals surface area contributed by atoms with Crippen LogP contribution in [0.3, 0.4) is 0 Å². The molecule has 1 N–H and O–H groups in total. The molecule has 2 aromatic rings. The van der Waals surface area contributed by atoms with Gasteiger partial charge in [0, 0.05) is 17.6 Å². The fourth-order valence-electron chi connectivity index (χ4n) is 2.90. The second-order valence-corrected chi connectivity index (χ2v) is 5.97. The van der Waals surface area contributed by atoms with Gasteiger partial charge in [-0.1, -0.05) is 37.6 Å². The minimum atomic E-state index is 0.285. The van der Waals surface area contributed by atoms with Crippen molar-refractivity contribution in [3.8, 4) is 0 Å². The van der Waals surface area contributed by atoms with Gasteiger partial charge < -0.3 is 9.73 Å². The normalized spacial score (nSPS) is 14.1. The van der Waals surface area contributed by atoms with Crippen LogP contribution in [-0.2, 0) is 6.42 Å². The Morgan fingerprint density at radius 1 is 1.05 bits per heavy atom. The number of furan rings is 1. The molecule has 0 radical (unpaired) electrons. The van der Waals surface area contributed by atoms with Gasteiger partial charge in [0.1, 0.15) is 11.5 Å². The average Bonchev–Trinajstić information content (AvgIpc) is 2.79. The largest absolute Gasteiger partial charge is 0.466 e. The standard InChI is InChI=1S/C19H27NO/c1-6-7-17-8-10-18(11-9-17)14(3)20-15(4)19-12-13(2)21-16(19)5/h8-12,14-15,20H,6-7H2,1-5H3. The quantitative estimate of drug-likeness (QED) is 0.783. The maximum atomic E-state index is 5.63. The Kier molecular flexibility index (Phi) is 5.24.